The summed E-state index contributed by atoms with van der Waals surface area (Å²) in [6.45, 7) is -0.129. The number of piperidine rings is 1. The zero-order valence-corrected chi connectivity index (χ0v) is 14.1. The minimum absolute atomic E-state index is 0.0243. The van der Waals surface area contributed by atoms with Crippen LogP contribution in [-0.2, 0) is 20.9 Å². The van der Waals surface area contributed by atoms with Crippen LogP contribution in [0.4, 0.5) is 8.78 Å². The number of rotatable bonds is 4. The van der Waals surface area contributed by atoms with Gasteiger partial charge < -0.3 is 14.5 Å². The van der Waals surface area contributed by atoms with Crippen LogP contribution in [-0.4, -0.2) is 65.9 Å². The van der Waals surface area contributed by atoms with E-state index in [4.69, 9.17) is 4.74 Å². The van der Waals surface area contributed by atoms with Crippen molar-refractivity contribution in [3.05, 3.63) is 30.1 Å². The maximum Gasteiger partial charge on any atom is 0.266 e. The van der Waals surface area contributed by atoms with Crippen molar-refractivity contribution in [3.8, 4) is 0 Å². The van der Waals surface area contributed by atoms with Gasteiger partial charge in [0.25, 0.3) is 5.92 Å². The van der Waals surface area contributed by atoms with Crippen molar-refractivity contribution in [3.63, 3.8) is 0 Å². The van der Waals surface area contributed by atoms with Crippen molar-refractivity contribution in [1.82, 2.24) is 14.8 Å². The van der Waals surface area contributed by atoms with Crippen LogP contribution in [0.15, 0.2) is 24.5 Å². The number of hydrogen-bond acceptors (Lipinski definition) is 4. The number of likely N-dealkylation sites (tertiary alicyclic amines) is 2. The van der Waals surface area contributed by atoms with Gasteiger partial charge in [-0.15, -0.1) is 0 Å². The molecule has 0 unspecified atom stereocenters. The molecule has 1 spiro atoms. The summed E-state index contributed by atoms with van der Waals surface area (Å²) in [5.74, 6) is -3.90. The molecule has 0 bridgehead atoms. The molecule has 1 aromatic rings. The minimum Gasteiger partial charge on any atom is -0.375 e. The predicted octanol–water partition coefficient (Wildman–Crippen LogP) is 1.31. The highest BCUT2D eigenvalue weighted by Crippen LogP contribution is 2.46. The molecule has 1 aromatic heterocycles. The summed E-state index contributed by atoms with van der Waals surface area (Å²) >= 11 is 0. The molecular weight excluding hydrogens is 332 g/mol. The van der Waals surface area contributed by atoms with E-state index >= 15 is 0 Å². The second-order valence-electron chi connectivity index (χ2n) is 6.83. The molecule has 0 aromatic carbocycles. The molecular formula is C17H21F2N3O3. The number of nitrogens with zero attached hydrogens (tertiary/aromatic N) is 3. The molecule has 2 fully saturated rings. The lowest BCUT2D eigenvalue weighted by Crippen LogP contribution is -2.57. The SMILES string of the molecule is COCC(=O)N1CC(F)(F)C[C@]2(CCN(Cc3ccncc3)C2=O)C1. The first kappa shape index (κ1) is 17.7. The number of carbonyl (C=O) groups is 2. The molecule has 3 heterocycles. The van der Waals surface area contributed by atoms with Crippen molar-refractivity contribution in [2.24, 2.45) is 5.41 Å². The highest BCUT2D eigenvalue weighted by Gasteiger charge is 2.57. The number of ether oxygens (including phenoxy) is 1. The van der Waals surface area contributed by atoms with Gasteiger partial charge in [0.1, 0.15) is 6.61 Å². The lowest BCUT2D eigenvalue weighted by molar-refractivity contribution is -0.165. The molecule has 2 aliphatic heterocycles. The average Bonchev–Trinajstić information content (AvgIpc) is 2.83. The van der Waals surface area contributed by atoms with Gasteiger partial charge >= 0.3 is 0 Å². The fourth-order valence-electron chi connectivity index (χ4n) is 3.76. The Bertz CT molecular complexity index is 656. The number of alkyl halides is 2. The van der Waals surface area contributed by atoms with Gasteiger partial charge in [-0.25, -0.2) is 8.78 Å². The van der Waals surface area contributed by atoms with Crippen LogP contribution in [0.5, 0.6) is 0 Å². The Hall–Kier alpha value is -2.09. The number of methoxy groups -OCH3 is 1. The lowest BCUT2D eigenvalue weighted by Gasteiger charge is -2.42. The van der Waals surface area contributed by atoms with E-state index in [-0.39, 0.29) is 19.1 Å². The van der Waals surface area contributed by atoms with E-state index in [9.17, 15) is 18.4 Å². The topological polar surface area (TPSA) is 62.7 Å². The highest BCUT2D eigenvalue weighted by atomic mass is 19.3. The molecule has 0 aliphatic carbocycles. The molecule has 0 saturated carbocycles. The third-order valence-electron chi connectivity index (χ3n) is 4.86. The number of hydrogen-bond donors (Lipinski definition) is 0. The van der Waals surface area contributed by atoms with E-state index in [2.05, 4.69) is 4.98 Å². The Morgan fingerprint density at radius 3 is 2.72 bits per heavy atom. The Morgan fingerprint density at radius 2 is 2.04 bits per heavy atom. The van der Waals surface area contributed by atoms with Gasteiger partial charge in [-0.3, -0.25) is 14.6 Å². The molecule has 136 valence electrons. The second kappa shape index (κ2) is 6.67. The second-order valence-corrected chi connectivity index (χ2v) is 6.83. The van der Waals surface area contributed by atoms with E-state index in [1.165, 1.54) is 7.11 Å². The Morgan fingerprint density at radius 1 is 1.32 bits per heavy atom. The van der Waals surface area contributed by atoms with Crippen LogP contribution in [0, 0.1) is 5.41 Å². The summed E-state index contributed by atoms with van der Waals surface area (Å²) in [5.41, 5.74) is -0.312. The van der Waals surface area contributed by atoms with Crippen molar-refractivity contribution in [1.29, 1.82) is 0 Å². The molecule has 25 heavy (non-hydrogen) atoms. The third-order valence-corrected chi connectivity index (χ3v) is 4.86. The monoisotopic (exact) mass is 353 g/mol. The number of aromatic nitrogens is 1. The number of amides is 2. The Labute approximate surface area is 144 Å². The molecule has 2 amide bonds. The normalized spacial score (nSPS) is 25.6. The molecule has 2 aliphatic rings. The van der Waals surface area contributed by atoms with E-state index in [1.807, 2.05) is 0 Å². The average molecular weight is 353 g/mol. The summed E-state index contributed by atoms with van der Waals surface area (Å²) < 4.78 is 33.3. The number of carbonyl (C=O) groups excluding carboxylic acids is 2. The smallest absolute Gasteiger partial charge is 0.266 e. The highest BCUT2D eigenvalue weighted by molar-refractivity contribution is 5.87. The van der Waals surface area contributed by atoms with Crippen LogP contribution in [0.3, 0.4) is 0 Å². The van der Waals surface area contributed by atoms with Crippen LogP contribution < -0.4 is 0 Å². The van der Waals surface area contributed by atoms with E-state index < -0.39 is 30.2 Å². The fraction of sp³-hybridized carbons (Fsp3) is 0.588. The van der Waals surface area contributed by atoms with Crippen LogP contribution >= 0.6 is 0 Å². The van der Waals surface area contributed by atoms with Crippen molar-refractivity contribution < 1.29 is 23.1 Å². The molecule has 0 radical (unpaired) electrons. The largest absolute Gasteiger partial charge is 0.375 e. The Kier molecular flexibility index (Phi) is 4.73. The van der Waals surface area contributed by atoms with Crippen LogP contribution in [0.1, 0.15) is 18.4 Å². The van der Waals surface area contributed by atoms with Crippen LogP contribution in [0.2, 0.25) is 0 Å². The van der Waals surface area contributed by atoms with Gasteiger partial charge in [-0.2, -0.15) is 0 Å². The lowest BCUT2D eigenvalue weighted by atomic mass is 9.77. The summed E-state index contributed by atoms with van der Waals surface area (Å²) in [6, 6.07) is 3.59. The fourth-order valence-corrected chi connectivity index (χ4v) is 3.76. The molecule has 1 atom stereocenters. The zero-order valence-electron chi connectivity index (χ0n) is 14.1. The van der Waals surface area contributed by atoms with Crippen molar-refractivity contribution in [2.75, 3.05) is 33.4 Å². The van der Waals surface area contributed by atoms with Gasteiger partial charge in [-0.05, 0) is 24.1 Å². The quantitative estimate of drug-likeness (QED) is 0.819. The summed E-state index contributed by atoms with van der Waals surface area (Å²) in [4.78, 5) is 31.5. The van der Waals surface area contributed by atoms with E-state index in [1.54, 1.807) is 29.4 Å². The predicted molar refractivity (Wildman–Crippen MR) is 84.7 cm³/mol. The maximum atomic E-state index is 14.3. The maximum absolute atomic E-state index is 14.3. The first-order chi connectivity index (χ1) is 11.9. The van der Waals surface area contributed by atoms with E-state index in [0.717, 1.165) is 10.5 Å². The third kappa shape index (κ3) is 3.63. The van der Waals surface area contributed by atoms with Gasteiger partial charge in [0.2, 0.25) is 11.8 Å². The first-order valence-corrected chi connectivity index (χ1v) is 8.18. The Balaban J connectivity index is 1.78. The van der Waals surface area contributed by atoms with Gasteiger partial charge in [0.05, 0.1) is 12.0 Å². The van der Waals surface area contributed by atoms with Crippen molar-refractivity contribution >= 4 is 11.8 Å². The molecule has 8 heteroatoms. The number of halogens is 2. The molecule has 2 saturated heterocycles. The summed E-state index contributed by atoms with van der Waals surface area (Å²) in [5, 5.41) is 0. The van der Waals surface area contributed by atoms with Gasteiger partial charge in [0, 0.05) is 45.6 Å². The molecule has 0 N–H and O–H groups in total. The van der Waals surface area contributed by atoms with Crippen molar-refractivity contribution in [2.45, 2.75) is 25.3 Å². The summed E-state index contributed by atoms with van der Waals surface area (Å²) in [7, 11) is 1.34. The molecule has 6 nitrogen and oxygen atoms in total. The van der Waals surface area contributed by atoms with E-state index in [0.29, 0.717) is 19.5 Å². The van der Waals surface area contributed by atoms with Gasteiger partial charge in [0.15, 0.2) is 0 Å². The standard InChI is InChI=1S/C17H21F2N3O3/c1-25-9-14(23)22-11-16(10-17(18,19)12-22)4-7-21(15(16)24)8-13-2-5-20-6-3-13/h2-3,5-6H,4,7-12H2,1H3/t16-/m1/s1. The van der Waals surface area contributed by atoms with Gasteiger partial charge in [-0.1, -0.05) is 0 Å². The summed E-state index contributed by atoms with van der Waals surface area (Å²) in [6.07, 6.45) is 3.07. The minimum atomic E-state index is -3.08. The molecule has 3 rings (SSSR count). The first-order valence-electron chi connectivity index (χ1n) is 8.18. The zero-order chi connectivity index (χ0) is 18.1. The number of pyridine rings is 1. The van der Waals surface area contributed by atoms with Crippen LogP contribution in [0.25, 0.3) is 0 Å².